The molecule has 138 valence electrons. The molecule has 1 fully saturated rings. The average molecular weight is 353 g/mol. The van der Waals surface area contributed by atoms with E-state index in [2.05, 4.69) is 12.1 Å². The summed E-state index contributed by atoms with van der Waals surface area (Å²) in [5.74, 6) is 0.774. The molecule has 4 heteroatoms. The molecule has 0 bridgehead atoms. The Balaban J connectivity index is 1.58. The lowest BCUT2D eigenvalue weighted by Crippen LogP contribution is -2.32. The van der Waals surface area contributed by atoms with Gasteiger partial charge in [0.15, 0.2) is 0 Å². The van der Waals surface area contributed by atoms with Gasteiger partial charge in [0.25, 0.3) is 5.91 Å². The molecule has 0 aromatic heterocycles. The largest absolute Gasteiger partial charge is 0.491 e. The standard InChI is InChI=1S/C22H27NO3/c1-2-23(14-13-18-8-4-3-5-9-18)22(24)19-10-6-11-20(16-19)26-17-21-12-7-15-25-21/h3-6,8-11,16,21H,2,7,12-15,17H2,1H3. The predicted molar refractivity (Wildman–Crippen MR) is 103 cm³/mol. The van der Waals surface area contributed by atoms with E-state index in [9.17, 15) is 4.79 Å². The van der Waals surface area contributed by atoms with Crippen LogP contribution in [0, 0.1) is 0 Å². The second kappa shape index (κ2) is 9.39. The maximum absolute atomic E-state index is 12.9. The van der Waals surface area contributed by atoms with Crippen molar-refractivity contribution in [1.82, 2.24) is 4.90 Å². The van der Waals surface area contributed by atoms with E-state index in [1.807, 2.05) is 54.3 Å². The van der Waals surface area contributed by atoms with E-state index in [4.69, 9.17) is 9.47 Å². The molecule has 1 aliphatic rings. The highest BCUT2D eigenvalue weighted by Crippen LogP contribution is 2.18. The monoisotopic (exact) mass is 353 g/mol. The Kier molecular flexibility index (Phi) is 6.67. The van der Waals surface area contributed by atoms with Gasteiger partial charge in [-0.2, -0.15) is 0 Å². The van der Waals surface area contributed by atoms with Gasteiger partial charge in [-0.25, -0.2) is 0 Å². The van der Waals surface area contributed by atoms with Gasteiger partial charge in [0.1, 0.15) is 12.4 Å². The van der Waals surface area contributed by atoms with Gasteiger partial charge in [-0.3, -0.25) is 4.79 Å². The SMILES string of the molecule is CCN(CCc1ccccc1)C(=O)c1cccc(OCC2CCCO2)c1. The summed E-state index contributed by atoms with van der Waals surface area (Å²) in [7, 11) is 0. The number of rotatable bonds is 8. The zero-order chi connectivity index (χ0) is 18.2. The summed E-state index contributed by atoms with van der Waals surface area (Å²) in [6.07, 6.45) is 3.17. The third kappa shape index (κ3) is 5.09. The number of nitrogens with zero attached hydrogens (tertiary/aromatic N) is 1. The summed E-state index contributed by atoms with van der Waals surface area (Å²) in [6, 6.07) is 17.7. The maximum atomic E-state index is 12.9. The van der Waals surface area contributed by atoms with Crippen molar-refractivity contribution in [1.29, 1.82) is 0 Å². The lowest BCUT2D eigenvalue weighted by molar-refractivity contribution is 0.0677. The molecule has 1 amide bonds. The highest BCUT2D eigenvalue weighted by molar-refractivity contribution is 5.94. The number of likely N-dealkylation sites (N-methyl/N-ethyl adjacent to an activating group) is 1. The van der Waals surface area contributed by atoms with E-state index in [1.165, 1.54) is 5.56 Å². The van der Waals surface area contributed by atoms with Crippen molar-refractivity contribution in [3.8, 4) is 5.75 Å². The minimum Gasteiger partial charge on any atom is -0.491 e. The lowest BCUT2D eigenvalue weighted by atomic mass is 10.1. The van der Waals surface area contributed by atoms with E-state index in [1.54, 1.807) is 0 Å². The molecule has 0 N–H and O–H groups in total. The van der Waals surface area contributed by atoms with Crippen LogP contribution in [0.15, 0.2) is 54.6 Å². The van der Waals surface area contributed by atoms with Crippen LogP contribution in [-0.4, -0.2) is 43.2 Å². The average Bonchev–Trinajstić information content (AvgIpc) is 3.21. The molecule has 1 atom stereocenters. The summed E-state index contributed by atoms with van der Waals surface area (Å²) in [5, 5.41) is 0. The summed E-state index contributed by atoms with van der Waals surface area (Å²) >= 11 is 0. The Bertz CT molecular complexity index is 696. The fraction of sp³-hybridized carbons (Fsp3) is 0.409. The van der Waals surface area contributed by atoms with Crippen LogP contribution in [0.4, 0.5) is 0 Å². The van der Waals surface area contributed by atoms with Crippen molar-refractivity contribution in [2.75, 3.05) is 26.3 Å². The summed E-state index contributed by atoms with van der Waals surface area (Å²) < 4.78 is 11.4. The van der Waals surface area contributed by atoms with Crippen LogP contribution in [0.1, 0.15) is 35.7 Å². The van der Waals surface area contributed by atoms with Crippen LogP contribution >= 0.6 is 0 Å². The molecule has 1 heterocycles. The van der Waals surface area contributed by atoms with E-state index < -0.39 is 0 Å². The van der Waals surface area contributed by atoms with Crippen LogP contribution in [-0.2, 0) is 11.2 Å². The van der Waals surface area contributed by atoms with Gasteiger partial charge < -0.3 is 14.4 Å². The Morgan fingerprint density at radius 1 is 1.19 bits per heavy atom. The van der Waals surface area contributed by atoms with E-state index in [0.29, 0.717) is 25.3 Å². The Morgan fingerprint density at radius 3 is 2.77 bits per heavy atom. The first-order valence-corrected chi connectivity index (χ1v) is 9.44. The molecule has 1 aliphatic heterocycles. The third-order valence-corrected chi connectivity index (χ3v) is 4.72. The number of benzene rings is 2. The first-order valence-electron chi connectivity index (χ1n) is 9.44. The van der Waals surface area contributed by atoms with Gasteiger partial charge in [0, 0.05) is 25.3 Å². The fourth-order valence-corrected chi connectivity index (χ4v) is 3.18. The van der Waals surface area contributed by atoms with Crippen molar-refractivity contribution < 1.29 is 14.3 Å². The molecule has 0 saturated carbocycles. The first kappa shape index (κ1) is 18.5. The highest BCUT2D eigenvalue weighted by atomic mass is 16.5. The van der Waals surface area contributed by atoms with E-state index in [0.717, 1.165) is 31.6 Å². The smallest absolute Gasteiger partial charge is 0.253 e. The van der Waals surface area contributed by atoms with Gasteiger partial charge in [0.2, 0.25) is 0 Å². The first-order chi connectivity index (χ1) is 12.8. The van der Waals surface area contributed by atoms with Crippen LogP contribution in [0.25, 0.3) is 0 Å². The van der Waals surface area contributed by atoms with Gasteiger partial charge in [-0.1, -0.05) is 36.4 Å². The number of carbonyl (C=O) groups is 1. The molecule has 2 aromatic carbocycles. The number of hydrogen-bond donors (Lipinski definition) is 0. The lowest BCUT2D eigenvalue weighted by Gasteiger charge is -2.21. The predicted octanol–water partition coefficient (Wildman–Crippen LogP) is 3.95. The van der Waals surface area contributed by atoms with Crippen molar-refractivity contribution in [2.45, 2.75) is 32.3 Å². The minimum absolute atomic E-state index is 0.0472. The van der Waals surface area contributed by atoms with Crippen LogP contribution in [0.3, 0.4) is 0 Å². The molecule has 0 radical (unpaired) electrons. The molecule has 0 aliphatic carbocycles. The van der Waals surface area contributed by atoms with Gasteiger partial charge >= 0.3 is 0 Å². The Morgan fingerprint density at radius 2 is 2.04 bits per heavy atom. The molecular weight excluding hydrogens is 326 g/mol. The number of amides is 1. The summed E-state index contributed by atoms with van der Waals surface area (Å²) in [6.45, 7) is 4.77. The minimum atomic E-state index is 0.0472. The molecule has 3 rings (SSSR count). The summed E-state index contributed by atoms with van der Waals surface area (Å²) in [5.41, 5.74) is 1.91. The molecule has 26 heavy (non-hydrogen) atoms. The topological polar surface area (TPSA) is 38.8 Å². The van der Waals surface area contributed by atoms with E-state index in [-0.39, 0.29) is 12.0 Å². The van der Waals surface area contributed by atoms with E-state index >= 15 is 0 Å². The van der Waals surface area contributed by atoms with Crippen molar-refractivity contribution in [2.24, 2.45) is 0 Å². The summed E-state index contributed by atoms with van der Waals surface area (Å²) in [4.78, 5) is 14.7. The number of ether oxygens (including phenoxy) is 2. The molecule has 2 aromatic rings. The Hall–Kier alpha value is -2.33. The molecule has 1 unspecified atom stereocenters. The van der Waals surface area contributed by atoms with Crippen LogP contribution < -0.4 is 4.74 Å². The molecule has 0 spiro atoms. The second-order valence-corrected chi connectivity index (χ2v) is 6.59. The van der Waals surface area contributed by atoms with Crippen LogP contribution in [0.5, 0.6) is 5.75 Å². The zero-order valence-corrected chi connectivity index (χ0v) is 15.4. The normalized spacial score (nSPS) is 16.4. The molecule has 4 nitrogen and oxygen atoms in total. The highest BCUT2D eigenvalue weighted by Gasteiger charge is 2.17. The Labute approximate surface area is 155 Å². The number of hydrogen-bond acceptors (Lipinski definition) is 3. The molecule has 1 saturated heterocycles. The quantitative estimate of drug-likeness (QED) is 0.721. The van der Waals surface area contributed by atoms with Crippen molar-refractivity contribution >= 4 is 5.91 Å². The van der Waals surface area contributed by atoms with Gasteiger partial charge in [-0.15, -0.1) is 0 Å². The third-order valence-electron chi connectivity index (χ3n) is 4.72. The maximum Gasteiger partial charge on any atom is 0.253 e. The number of carbonyl (C=O) groups excluding carboxylic acids is 1. The van der Waals surface area contributed by atoms with Crippen molar-refractivity contribution in [3.63, 3.8) is 0 Å². The fourth-order valence-electron chi connectivity index (χ4n) is 3.18. The van der Waals surface area contributed by atoms with Crippen molar-refractivity contribution in [3.05, 3.63) is 65.7 Å². The molecular formula is C22H27NO3. The zero-order valence-electron chi connectivity index (χ0n) is 15.4. The van der Waals surface area contributed by atoms with Gasteiger partial charge in [-0.05, 0) is 49.9 Å². The van der Waals surface area contributed by atoms with Crippen LogP contribution in [0.2, 0.25) is 0 Å². The second-order valence-electron chi connectivity index (χ2n) is 6.59. The van der Waals surface area contributed by atoms with Gasteiger partial charge in [0.05, 0.1) is 6.10 Å².